The number of hydrogen-bond acceptors (Lipinski definition) is 5. The zero-order valence-electron chi connectivity index (χ0n) is 19.8. The van der Waals surface area contributed by atoms with Crippen molar-refractivity contribution in [3.63, 3.8) is 0 Å². The van der Waals surface area contributed by atoms with E-state index in [-0.39, 0.29) is 30.7 Å². The molecule has 3 heterocycles. The number of fused-ring (bicyclic) bond motifs is 2. The second-order valence-corrected chi connectivity index (χ2v) is 9.71. The van der Waals surface area contributed by atoms with Crippen molar-refractivity contribution in [3.05, 3.63) is 93.7 Å². The Balaban J connectivity index is 1.22. The van der Waals surface area contributed by atoms with E-state index in [1.165, 1.54) is 6.92 Å². The van der Waals surface area contributed by atoms with Crippen LogP contribution in [0.15, 0.2) is 65.7 Å². The highest BCUT2D eigenvalue weighted by atomic mass is 19.1. The third-order valence-corrected chi connectivity index (χ3v) is 6.85. The van der Waals surface area contributed by atoms with Crippen LogP contribution < -0.4 is 10.9 Å². The molecular formula is C28H25FN4O3. The van der Waals surface area contributed by atoms with Gasteiger partial charge < -0.3 is 10.1 Å². The monoisotopic (exact) mass is 484 g/mol. The fraction of sp³-hybridized carbons (Fsp3) is 0.286. The van der Waals surface area contributed by atoms with Crippen molar-refractivity contribution in [3.8, 4) is 11.1 Å². The Morgan fingerprint density at radius 2 is 2.03 bits per heavy atom. The van der Waals surface area contributed by atoms with E-state index in [9.17, 15) is 14.0 Å². The molecule has 0 spiro atoms. The number of benzene rings is 2. The molecule has 1 aliphatic heterocycles. The minimum atomic E-state index is -1.63. The SMILES string of the molecule is C[C@@]1(F)COCc2ccc(C(=O)NCc3cc4cc(-c5ccnn(C6CC6)c5=O)ccc4cn3)cc21. The molecule has 1 N–H and O–H groups in total. The van der Waals surface area contributed by atoms with E-state index in [4.69, 9.17) is 4.74 Å². The number of ether oxygens (including phenoxy) is 1. The van der Waals surface area contributed by atoms with Crippen molar-refractivity contribution in [2.75, 3.05) is 6.61 Å². The fourth-order valence-corrected chi connectivity index (χ4v) is 4.71. The Kier molecular flexibility index (Phi) is 5.41. The molecule has 0 bridgehead atoms. The number of rotatable bonds is 5. The Labute approximate surface area is 206 Å². The molecular weight excluding hydrogens is 459 g/mol. The number of amides is 1. The summed E-state index contributed by atoms with van der Waals surface area (Å²) in [5, 5.41) is 8.96. The molecule has 2 aromatic heterocycles. The Hall–Kier alpha value is -3.91. The Bertz CT molecular complexity index is 1560. The number of hydrogen-bond donors (Lipinski definition) is 1. The number of aromatic nitrogens is 3. The first-order chi connectivity index (χ1) is 17.4. The highest BCUT2D eigenvalue weighted by Gasteiger charge is 2.33. The molecule has 1 atom stereocenters. The van der Waals surface area contributed by atoms with Crippen LogP contribution in [-0.2, 0) is 23.6 Å². The molecule has 2 aromatic carbocycles. The van der Waals surface area contributed by atoms with Gasteiger partial charge in [-0.15, -0.1) is 0 Å². The van der Waals surface area contributed by atoms with Crippen molar-refractivity contribution >= 4 is 16.7 Å². The first-order valence-corrected chi connectivity index (χ1v) is 12.0. The largest absolute Gasteiger partial charge is 0.373 e. The molecule has 1 aliphatic carbocycles. The van der Waals surface area contributed by atoms with Gasteiger partial charge in [0.25, 0.3) is 11.5 Å². The number of carbonyl (C=O) groups excluding carboxylic acids is 1. The van der Waals surface area contributed by atoms with Crippen LogP contribution >= 0.6 is 0 Å². The molecule has 6 rings (SSSR count). The van der Waals surface area contributed by atoms with E-state index in [2.05, 4.69) is 15.4 Å². The van der Waals surface area contributed by atoms with Gasteiger partial charge in [-0.3, -0.25) is 14.6 Å². The van der Waals surface area contributed by atoms with Crippen molar-refractivity contribution < 1.29 is 13.9 Å². The lowest BCUT2D eigenvalue weighted by Gasteiger charge is -2.29. The molecule has 0 saturated heterocycles. The summed E-state index contributed by atoms with van der Waals surface area (Å²) in [5.74, 6) is -0.298. The predicted octanol–water partition coefficient (Wildman–Crippen LogP) is 4.44. The number of alkyl halides is 1. The van der Waals surface area contributed by atoms with Crippen LogP contribution in [0.4, 0.5) is 4.39 Å². The van der Waals surface area contributed by atoms with Crippen molar-refractivity contribution in [1.29, 1.82) is 0 Å². The highest BCUT2D eigenvalue weighted by molar-refractivity contribution is 5.94. The van der Waals surface area contributed by atoms with Gasteiger partial charge in [0.1, 0.15) is 0 Å². The van der Waals surface area contributed by atoms with E-state index in [0.29, 0.717) is 29.0 Å². The number of halogens is 1. The minimum absolute atomic E-state index is 0.0258. The summed E-state index contributed by atoms with van der Waals surface area (Å²) in [7, 11) is 0. The first kappa shape index (κ1) is 22.5. The average Bonchev–Trinajstić information content (AvgIpc) is 3.72. The van der Waals surface area contributed by atoms with Gasteiger partial charge >= 0.3 is 0 Å². The van der Waals surface area contributed by atoms with Crippen LogP contribution in [0.2, 0.25) is 0 Å². The minimum Gasteiger partial charge on any atom is -0.373 e. The van der Waals surface area contributed by atoms with Crippen LogP contribution in [0.3, 0.4) is 0 Å². The van der Waals surface area contributed by atoms with E-state index in [1.54, 1.807) is 41.3 Å². The summed E-state index contributed by atoms with van der Waals surface area (Å²) in [6.45, 7) is 2.00. The third-order valence-electron chi connectivity index (χ3n) is 6.85. The molecule has 182 valence electrons. The molecule has 0 radical (unpaired) electrons. The summed E-state index contributed by atoms with van der Waals surface area (Å²) in [6, 6.07) is 14.7. The molecule has 4 aromatic rings. The van der Waals surface area contributed by atoms with Gasteiger partial charge in [0, 0.05) is 23.3 Å². The number of nitrogens with zero attached hydrogens (tertiary/aromatic N) is 3. The predicted molar refractivity (Wildman–Crippen MR) is 133 cm³/mol. The van der Waals surface area contributed by atoms with Crippen molar-refractivity contribution in [2.24, 2.45) is 0 Å². The molecule has 0 unspecified atom stereocenters. The number of carbonyl (C=O) groups is 1. The highest BCUT2D eigenvalue weighted by Crippen LogP contribution is 2.34. The summed E-state index contributed by atoms with van der Waals surface area (Å²) in [5.41, 5.74) is 2.05. The second kappa shape index (κ2) is 8.64. The molecule has 2 aliphatic rings. The fourth-order valence-electron chi connectivity index (χ4n) is 4.71. The van der Waals surface area contributed by atoms with Crippen molar-refractivity contribution in [2.45, 2.75) is 44.6 Å². The number of nitrogens with one attached hydrogen (secondary N) is 1. The van der Waals surface area contributed by atoms with Gasteiger partial charge in [0.15, 0.2) is 5.67 Å². The summed E-state index contributed by atoms with van der Waals surface area (Å²) >= 11 is 0. The molecule has 1 amide bonds. The quantitative estimate of drug-likeness (QED) is 0.453. The molecule has 36 heavy (non-hydrogen) atoms. The van der Waals surface area contributed by atoms with Gasteiger partial charge in [-0.25, -0.2) is 9.07 Å². The zero-order valence-corrected chi connectivity index (χ0v) is 19.8. The summed E-state index contributed by atoms with van der Waals surface area (Å²) < 4.78 is 21.7. The van der Waals surface area contributed by atoms with E-state index in [1.807, 2.05) is 24.3 Å². The maximum absolute atomic E-state index is 14.9. The third kappa shape index (κ3) is 4.18. The smallest absolute Gasteiger partial charge is 0.274 e. The summed E-state index contributed by atoms with van der Waals surface area (Å²) in [6.07, 6.45) is 5.40. The maximum Gasteiger partial charge on any atom is 0.274 e. The summed E-state index contributed by atoms with van der Waals surface area (Å²) in [4.78, 5) is 30.2. The molecule has 1 saturated carbocycles. The van der Waals surface area contributed by atoms with Gasteiger partial charge in [-0.1, -0.05) is 18.2 Å². The topological polar surface area (TPSA) is 86.1 Å². The Morgan fingerprint density at radius 3 is 2.86 bits per heavy atom. The van der Waals surface area contributed by atoms with Crippen LogP contribution in [0, 0.1) is 0 Å². The zero-order chi connectivity index (χ0) is 24.9. The van der Waals surface area contributed by atoms with Crippen LogP contribution in [-0.4, -0.2) is 27.3 Å². The molecule has 8 heteroatoms. The van der Waals surface area contributed by atoms with Crippen LogP contribution in [0.25, 0.3) is 21.9 Å². The van der Waals surface area contributed by atoms with E-state index >= 15 is 0 Å². The standard InChI is InChI=1S/C28H25FN4O3/c1-28(29)16-36-15-20-5-3-18(12-25(20)28)26(34)31-14-22-11-21-10-17(2-4-19(21)13-30-22)24-8-9-32-33(27(24)35)23-6-7-23/h2-5,8-13,23H,6-7,14-16H2,1H3,(H,31,34)/t28-/m1/s1. The van der Waals surface area contributed by atoms with E-state index in [0.717, 1.165) is 34.7 Å². The molecule has 1 fully saturated rings. The van der Waals surface area contributed by atoms with Crippen molar-refractivity contribution in [1.82, 2.24) is 20.1 Å². The lowest BCUT2D eigenvalue weighted by atomic mass is 9.90. The van der Waals surface area contributed by atoms with Crippen LogP contribution in [0.1, 0.15) is 53.0 Å². The lowest BCUT2D eigenvalue weighted by Crippen LogP contribution is -2.30. The molecule has 7 nitrogen and oxygen atoms in total. The normalized spacial score (nSPS) is 19.2. The first-order valence-electron chi connectivity index (χ1n) is 12.0. The van der Waals surface area contributed by atoms with Gasteiger partial charge in [0.2, 0.25) is 0 Å². The van der Waals surface area contributed by atoms with E-state index < -0.39 is 5.67 Å². The number of pyridine rings is 1. The lowest BCUT2D eigenvalue weighted by molar-refractivity contribution is -0.00467. The van der Waals surface area contributed by atoms with Gasteiger partial charge in [-0.2, -0.15) is 5.10 Å². The second-order valence-electron chi connectivity index (χ2n) is 9.71. The van der Waals surface area contributed by atoms with Gasteiger partial charge in [0.05, 0.1) is 37.1 Å². The average molecular weight is 485 g/mol. The maximum atomic E-state index is 14.9. The van der Waals surface area contributed by atoms with Gasteiger partial charge in [-0.05, 0) is 72.2 Å². The van der Waals surface area contributed by atoms with Crippen LogP contribution in [0.5, 0.6) is 0 Å². The Morgan fingerprint density at radius 1 is 1.17 bits per heavy atom.